The molecule has 1 amide bonds. The first kappa shape index (κ1) is 17.7. The summed E-state index contributed by atoms with van der Waals surface area (Å²) in [4.78, 5) is 28.7. The van der Waals surface area contributed by atoms with Gasteiger partial charge >= 0.3 is 5.63 Å². The zero-order chi connectivity index (χ0) is 19.3. The lowest BCUT2D eigenvalue weighted by molar-refractivity contribution is 0.0948. The van der Waals surface area contributed by atoms with E-state index >= 15 is 0 Å². The first-order chi connectivity index (χ1) is 13.7. The second-order valence-corrected chi connectivity index (χ2v) is 6.27. The van der Waals surface area contributed by atoms with Gasteiger partial charge < -0.3 is 14.5 Å². The summed E-state index contributed by atoms with van der Waals surface area (Å²) in [5.41, 5.74) is 0.621. The molecule has 0 aliphatic heterocycles. The molecule has 1 N–H and O–H groups in total. The van der Waals surface area contributed by atoms with Crippen molar-refractivity contribution in [3.63, 3.8) is 0 Å². The smallest absolute Gasteiger partial charge is 0.349 e. The van der Waals surface area contributed by atoms with E-state index in [1.54, 1.807) is 30.5 Å². The molecule has 140 valence electrons. The van der Waals surface area contributed by atoms with Crippen LogP contribution in [0.1, 0.15) is 16.8 Å². The van der Waals surface area contributed by atoms with Crippen LogP contribution in [0.15, 0.2) is 76.1 Å². The number of nitrogens with zero attached hydrogens (tertiary/aromatic N) is 1. The van der Waals surface area contributed by atoms with Crippen molar-refractivity contribution in [2.75, 3.05) is 13.2 Å². The third-order valence-electron chi connectivity index (χ3n) is 4.35. The Hall–Kier alpha value is -3.67. The summed E-state index contributed by atoms with van der Waals surface area (Å²) in [5, 5.41) is 4.45. The van der Waals surface area contributed by atoms with Gasteiger partial charge in [0, 0.05) is 23.5 Å². The van der Waals surface area contributed by atoms with E-state index in [2.05, 4.69) is 10.3 Å². The van der Waals surface area contributed by atoms with E-state index in [0.29, 0.717) is 36.3 Å². The second kappa shape index (κ2) is 7.92. The maximum absolute atomic E-state index is 12.3. The molecule has 28 heavy (non-hydrogen) atoms. The quantitative estimate of drug-likeness (QED) is 0.412. The summed E-state index contributed by atoms with van der Waals surface area (Å²) >= 11 is 0. The molecule has 0 atom stereocenters. The maximum Gasteiger partial charge on any atom is 0.349 e. The highest BCUT2D eigenvalue weighted by Gasteiger charge is 2.13. The molecule has 0 aliphatic rings. The Morgan fingerprint density at radius 1 is 1.04 bits per heavy atom. The molecule has 0 radical (unpaired) electrons. The van der Waals surface area contributed by atoms with E-state index < -0.39 is 11.5 Å². The number of carbonyl (C=O) groups excluding carboxylic acids is 1. The van der Waals surface area contributed by atoms with Gasteiger partial charge in [0.1, 0.15) is 22.4 Å². The molecule has 4 rings (SSSR count). The van der Waals surface area contributed by atoms with Crippen molar-refractivity contribution in [3.05, 3.63) is 82.8 Å². The average molecular weight is 374 g/mol. The van der Waals surface area contributed by atoms with Crippen LogP contribution in [0.3, 0.4) is 0 Å². The van der Waals surface area contributed by atoms with E-state index in [1.165, 1.54) is 0 Å². The monoisotopic (exact) mass is 374 g/mol. The number of carbonyl (C=O) groups is 1. The topological polar surface area (TPSA) is 81.4 Å². The third kappa shape index (κ3) is 3.71. The predicted molar refractivity (Wildman–Crippen MR) is 107 cm³/mol. The molecule has 6 nitrogen and oxygen atoms in total. The molecular formula is C22H18N2O4. The highest BCUT2D eigenvalue weighted by Crippen LogP contribution is 2.22. The largest absolute Gasteiger partial charge is 0.491 e. The van der Waals surface area contributed by atoms with Crippen molar-refractivity contribution in [1.29, 1.82) is 0 Å². The predicted octanol–water partition coefficient (Wildman–Crippen LogP) is 3.54. The lowest BCUT2D eigenvalue weighted by atomic mass is 10.2. The van der Waals surface area contributed by atoms with Crippen LogP contribution in [0.4, 0.5) is 0 Å². The highest BCUT2D eigenvalue weighted by atomic mass is 16.5. The van der Waals surface area contributed by atoms with Gasteiger partial charge in [-0.1, -0.05) is 36.4 Å². The van der Waals surface area contributed by atoms with E-state index in [1.807, 2.05) is 36.4 Å². The molecule has 4 aromatic rings. The van der Waals surface area contributed by atoms with Crippen molar-refractivity contribution in [2.45, 2.75) is 6.42 Å². The molecule has 0 saturated heterocycles. The minimum Gasteiger partial charge on any atom is -0.491 e. The number of nitrogens with one attached hydrogen (secondary N) is 1. The van der Waals surface area contributed by atoms with Crippen LogP contribution in [-0.4, -0.2) is 24.0 Å². The number of pyridine rings is 1. The number of hydrogen-bond donors (Lipinski definition) is 1. The van der Waals surface area contributed by atoms with Gasteiger partial charge in [-0.2, -0.15) is 0 Å². The molecule has 2 aromatic heterocycles. The SMILES string of the molecule is O=C(NCCCOc1cccc2cccnc12)c1cc2ccccc2oc1=O. The van der Waals surface area contributed by atoms with Gasteiger partial charge in [-0.3, -0.25) is 9.78 Å². The molecule has 0 unspecified atom stereocenters. The number of rotatable bonds is 6. The highest BCUT2D eigenvalue weighted by molar-refractivity contribution is 5.96. The molecule has 6 heteroatoms. The van der Waals surface area contributed by atoms with Gasteiger partial charge in [-0.25, -0.2) is 4.79 Å². The number of benzene rings is 2. The summed E-state index contributed by atoms with van der Waals surface area (Å²) in [7, 11) is 0. The molecule has 2 aromatic carbocycles. The Morgan fingerprint density at radius 3 is 2.79 bits per heavy atom. The normalized spacial score (nSPS) is 10.9. The fraction of sp³-hybridized carbons (Fsp3) is 0.136. The lowest BCUT2D eigenvalue weighted by Crippen LogP contribution is -2.29. The van der Waals surface area contributed by atoms with Gasteiger partial charge in [0.05, 0.1) is 6.61 Å². The minimum absolute atomic E-state index is 0.00197. The van der Waals surface area contributed by atoms with E-state index in [4.69, 9.17) is 9.15 Å². The Balaban J connectivity index is 1.33. The fourth-order valence-corrected chi connectivity index (χ4v) is 2.96. The van der Waals surface area contributed by atoms with Crippen LogP contribution in [-0.2, 0) is 0 Å². The molecule has 0 aliphatic carbocycles. The number of fused-ring (bicyclic) bond motifs is 2. The van der Waals surface area contributed by atoms with Gasteiger partial charge in [-0.15, -0.1) is 0 Å². The Labute approximate surface area is 160 Å². The molecule has 0 saturated carbocycles. The summed E-state index contributed by atoms with van der Waals surface area (Å²) in [6.45, 7) is 0.797. The maximum atomic E-state index is 12.3. The number of para-hydroxylation sites is 2. The molecule has 0 fully saturated rings. The van der Waals surface area contributed by atoms with Crippen LogP contribution in [0.5, 0.6) is 5.75 Å². The Kier molecular flexibility index (Phi) is 5.01. The molecule has 0 bridgehead atoms. The minimum atomic E-state index is -0.644. The van der Waals surface area contributed by atoms with Gasteiger partial charge in [0.25, 0.3) is 5.91 Å². The van der Waals surface area contributed by atoms with Crippen molar-refractivity contribution >= 4 is 27.8 Å². The van der Waals surface area contributed by atoms with Crippen LogP contribution in [0.2, 0.25) is 0 Å². The van der Waals surface area contributed by atoms with Crippen LogP contribution >= 0.6 is 0 Å². The average Bonchev–Trinajstić information content (AvgIpc) is 2.73. The standard InChI is InChI=1S/C22H18N2O4/c25-21(17-14-16-6-1-2-9-18(16)28-22(17)26)24-12-5-13-27-19-10-3-7-15-8-4-11-23-20(15)19/h1-4,6-11,14H,5,12-13H2,(H,24,25). The summed E-state index contributed by atoms with van der Waals surface area (Å²) in [6.07, 6.45) is 2.32. The Bertz CT molecular complexity index is 1190. The molecular weight excluding hydrogens is 356 g/mol. The number of aromatic nitrogens is 1. The number of hydrogen-bond acceptors (Lipinski definition) is 5. The lowest BCUT2D eigenvalue weighted by Gasteiger charge is -2.09. The molecule has 0 spiro atoms. The third-order valence-corrected chi connectivity index (χ3v) is 4.35. The first-order valence-corrected chi connectivity index (χ1v) is 9.00. The summed E-state index contributed by atoms with van der Waals surface area (Å²) in [6, 6.07) is 18.3. The summed E-state index contributed by atoms with van der Waals surface area (Å²) in [5.74, 6) is 0.255. The zero-order valence-electron chi connectivity index (χ0n) is 15.1. The van der Waals surface area contributed by atoms with E-state index in [9.17, 15) is 9.59 Å². The van der Waals surface area contributed by atoms with Gasteiger partial charge in [0.15, 0.2) is 0 Å². The molecule has 2 heterocycles. The van der Waals surface area contributed by atoms with Crippen molar-refractivity contribution in [3.8, 4) is 5.75 Å². The Morgan fingerprint density at radius 2 is 1.86 bits per heavy atom. The first-order valence-electron chi connectivity index (χ1n) is 9.00. The van der Waals surface area contributed by atoms with Gasteiger partial charge in [0.2, 0.25) is 0 Å². The van der Waals surface area contributed by atoms with E-state index in [0.717, 1.165) is 10.9 Å². The zero-order valence-corrected chi connectivity index (χ0v) is 15.1. The van der Waals surface area contributed by atoms with Crippen LogP contribution in [0.25, 0.3) is 21.9 Å². The van der Waals surface area contributed by atoms with Crippen molar-refractivity contribution < 1.29 is 13.9 Å². The fourth-order valence-electron chi connectivity index (χ4n) is 2.96. The van der Waals surface area contributed by atoms with Crippen molar-refractivity contribution in [1.82, 2.24) is 10.3 Å². The number of ether oxygens (including phenoxy) is 1. The van der Waals surface area contributed by atoms with Crippen LogP contribution < -0.4 is 15.7 Å². The van der Waals surface area contributed by atoms with Crippen LogP contribution in [0, 0.1) is 0 Å². The number of amides is 1. The van der Waals surface area contributed by atoms with Gasteiger partial charge in [-0.05, 0) is 30.7 Å². The second-order valence-electron chi connectivity index (χ2n) is 6.27. The summed E-state index contributed by atoms with van der Waals surface area (Å²) < 4.78 is 11.0. The van der Waals surface area contributed by atoms with E-state index in [-0.39, 0.29) is 5.56 Å². The van der Waals surface area contributed by atoms with Crippen molar-refractivity contribution in [2.24, 2.45) is 0 Å².